The molecule has 0 amide bonds. The SMILES string of the molecule is CC(C)[C@@H](O)[C@H]1C[C@@H](C(C)C)[C@H](O)[C@@H]1O.CC(C)[C@@H]1C[C@H](Cc2nccs2)[C@@H](O)[C@H]1O.CC(C)[C@@H]1C[C@H](c2nccs2)[C@@H](O)[C@H]1O.CC(C)[C@H](O)[C@H]1C[C@@H](C(C)C)[C@H](O)[C@@H]1O.CC(C)[C@H]1C[C@@H](C(C)C)[C@H](O)[C@@H]1O. The van der Waals surface area contributed by atoms with Crippen LogP contribution in [0.4, 0.5) is 0 Å². The zero-order chi connectivity index (χ0) is 56.4. The van der Waals surface area contributed by atoms with Crippen molar-refractivity contribution in [2.75, 3.05) is 0 Å². The van der Waals surface area contributed by atoms with Gasteiger partial charge in [-0.05, 0) is 121 Å². The van der Waals surface area contributed by atoms with Crippen LogP contribution in [0.2, 0.25) is 0 Å². The standard InChI is InChI=1S/C12H19NO2S.2C12H24O3.C11H17NO2S.C11H22O2/c1-7(2)9-5-8(11(14)12(9)15)6-10-13-3-4-16-10;2*1-6(2)8-5-9(10(13)7(3)4)12(15)11(8)14;1-6(2)7-5-8(10(14)9(7)13)11-12-3-4-15-11;1-6(2)8-5-9(7(3)4)11(13)10(8)12/h3-4,7-9,11-12,14-15H,5-6H2,1-2H3;2*6-15H,5H2,1-4H3;3-4,6-10,13-14H,5H2,1-2H3;6-13H,5H2,1-4H3/t8-,9+,11-,12+;8-,9+,10+,11-,12+;8-,9+,10-,11-,12+;7-,8-,9-,10+;8-,9+,10-,11+/m1000./s1. The van der Waals surface area contributed by atoms with Crippen LogP contribution in [0.1, 0.15) is 159 Å². The molecule has 0 spiro atoms. The molecule has 74 heavy (non-hydrogen) atoms. The molecule has 5 aliphatic rings. The van der Waals surface area contributed by atoms with E-state index in [0.29, 0.717) is 35.5 Å². The highest BCUT2D eigenvalue weighted by Crippen LogP contribution is 2.44. The lowest BCUT2D eigenvalue weighted by molar-refractivity contribution is -0.0408. The summed E-state index contributed by atoms with van der Waals surface area (Å²) in [5.41, 5.74) is 0. The number of aliphatic hydroxyl groups excluding tert-OH is 12. The lowest BCUT2D eigenvalue weighted by atomic mass is 9.88. The molecule has 2 heterocycles. The van der Waals surface area contributed by atoms with Crippen molar-refractivity contribution < 1.29 is 61.3 Å². The Bertz CT molecular complexity index is 1740. The van der Waals surface area contributed by atoms with Gasteiger partial charge in [0.2, 0.25) is 0 Å². The Morgan fingerprint density at radius 3 is 0.959 bits per heavy atom. The van der Waals surface area contributed by atoms with E-state index in [-0.39, 0.29) is 71.0 Å². The Balaban J connectivity index is 0.000000244. The van der Waals surface area contributed by atoms with E-state index in [1.165, 1.54) is 0 Å². The van der Waals surface area contributed by atoms with Gasteiger partial charge >= 0.3 is 0 Å². The molecule has 5 aliphatic carbocycles. The lowest BCUT2D eigenvalue weighted by Gasteiger charge is -2.24. The van der Waals surface area contributed by atoms with Crippen LogP contribution in [0.5, 0.6) is 0 Å². The van der Waals surface area contributed by atoms with Crippen LogP contribution in [-0.2, 0) is 6.42 Å². The minimum atomic E-state index is -0.769. The van der Waals surface area contributed by atoms with Gasteiger partial charge in [0.05, 0.1) is 83.3 Å². The van der Waals surface area contributed by atoms with Gasteiger partial charge in [-0.15, -0.1) is 22.7 Å². The van der Waals surface area contributed by atoms with Crippen molar-refractivity contribution in [1.29, 1.82) is 0 Å². The van der Waals surface area contributed by atoms with Crippen molar-refractivity contribution in [2.24, 2.45) is 101 Å². The highest BCUT2D eigenvalue weighted by atomic mass is 32.1. The Morgan fingerprint density at radius 1 is 0.378 bits per heavy atom. The van der Waals surface area contributed by atoms with E-state index in [4.69, 9.17) is 0 Å². The zero-order valence-electron chi connectivity index (χ0n) is 48.0. The molecule has 2 aromatic rings. The Kier molecular flexibility index (Phi) is 27.5. The number of aliphatic hydroxyl groups is 12. The maximum absolute atomic E-state index is 10.0. The van der Waals surface area contributed by atoms with Crippen LogP contribution < -0.4 is 0 Å². The second-order valence-electron chi connectivity index (χ2n) is 25.7. The third kappa shape index (κ3) is 17.4. The molecule has 0 unspecified atom stereocenters. The topological polar surface area (TPSA) is 269 Å². The van der Waals surface area contributed by atoms with Gasteiger partial charge in [-0.1, -0.05) is 111 Å². The normalized spacial score (nSPS) is 37.8. The number of thiazole rings is 2. The minimum absolute atomic E-state index is 0.0207. The smallest absolute Gasteiger partial charge is 0.0982 e. The van der Waals surface area contributed by atoms with Crippen molar-refractivity contribution in [1.82, 2.24) is 9.97 Å². The molecule has 0 radical (unpaired) electrons. The average Bonchev–Trinajstić information content (AvgIpc) is 4.22. The van der Waals surface area contributed by atoms with Gasteiger partial charge in [0.25, 0.3) is 0 Å². The summed E-state index contributed by atoms with van der Waals surface area (Å²) in [7, 11) is 0. The molecule has 0 saturated heterocycles. The van der Waals surface area contributed by atoms with Gasteiger partial charge in [0.15, 0.2) is 0 Å². The van der Waals surface area contributed by atoms with Crippen LogP contribution in [0.3, 0.4) is 0 Å². The summed E-state index contributed by atoms with van der Waals surface area (Å²) in [6.45, 7) is 32.8. The molecular weight excluding hydrogens is 981 g/mol. The van der Waals surface area contributed by atoms with Crippen molar-refractivity contribution in [2.45, 2.75) is 228 Å². The molecule has 5 saturated carbocycles. The summed E-state index contributed by atoms with van der Waals surface area (Å²) in [4.78, 5) is 8.46. The van der Waals surface area contributed by atoms with E-state index < -0.39 is 73.2 Å². The van der Waals surface area contributed by atoms with Crippen LogP contribution in [0, 0.1) is 101 Å². The monoisotopic (exact) mass is 1090 g/mol. The maximum atomic E-state index is 10.0. The number of hydrogen-bond donors (Lipinski definition) is 12. The fourth-order valence-electron chi connectivity index (χ4n) is 12.6. The molecule has 16 heteroatoms. The quantitative estimate of drug-likeness (QED) is 0.0963. The van der Waals surface area contributed by atoms with E-state index in [1.54, 1.807) is 35.1 Å². The molecule has 12 N–H and O–H groups in total. The second-order valence-corrected chi connectivity index (χ2v) is 27.6. The van der Waals surface area contributed by atoms with Crippen LogP contribution in [0.15, 0.2) is 23.2 Å². The molecular formula is C58H106N2O12S2. The summed E-state index contributed by atoms with van der Waals surface area (Å²) < 4.78 is 0. The fourth-order valence-corrected chi connectivity index (χ4v) is 14.1. The summed E-state index contributed by atoms with van der Waals surface area (Å²) in [5, 5.41) is 125. The molecule has 432 valence electrons. The Labute approximate surface area is 454 Å². The number of nitrogens with zero attached hydrogens (tertiary/aromatic N) is 2. The van der Waals surface area contributed by atoms with Crippen molar-refractivity contribution in [3.05, 3.63) is 33.2 Å². The van der Waals surface area contributed by atoms with Crippen LogP contribution >= 0.6 is 22.7 Å². The van der Waals surface area contributed by atoms with Gasteiger partial charge in [-0.2, -0.15) is 0 Å². The summed E-state index contributed by atoms with van der Waals surface area (Å²) in [6, 6.07) is 0. The third-order valence-electron chi connectivity index (χ3n) is 18.0. The third-order valence-corrected chi connectivity index (χ3v) is 19.7. The van der Waals surface area contributed by atoms with E-state index in [2.05, 4.69) is 65.4 Å². The van der Waals surface area contributed by atoms with Crippen LogP contribution in [-0.4, -0.2) is 144 Å². The molecule has 5 fully saturated rings. The largest absolute Gasteiger partial charge is 0.392 e. The second kappa shape index (κ2) is 30.4. The molecule has 22 atom stereocenters. The average molecular weight is 1090 g/mol. The number of aromatic nitrogens is 2. The Morgan fingerprint density at radius 2 is 0.676 bits per heavy atom. The number of rotatable bonds is 13. The highest BCUT2D eigenvalue weighted by Gasteiger charge is 2.49. The summed E-state index contributed by atoms with van der Waals surface area (Å²) in [6.07, 6.45) is 1.15. The fraction of sp³-hybridized carbons (Fsp3) is 0.897. The first-order chi connectivity index (χ1) is 34.4. The predicted molar refractivity (Wildman–Crippen MR) is 296 cm³/mol. The number of hydrogen-bond acceptors (Lipinski definition) is 16. The molecule has 2 aromatic heterocycles. The Hall–Kier alpha value is -1.22. The first kappa shape index (κ1) is 67.1. The molecule has 14 nitrogen and oxygen atoms in total. The first-order valence-corrected chi connectivity index (χ1v) is 30.1. The van der Waals surface area contributed by atoms with E-state index in [9.17, 15) is 61.3 Å². The lowest BCUT2D eigenvalue weighted by Crippen LogP contribution is -2.36. The van der Waals surface area contributed by atoms with E-state index in [0.717, 1.165) is 48.5 Å². The van der Waals surface area contributed by atoms with E-state index >= 15 is 0 Å². The molecule has 0 aliphatic heterocycles. The minimum Gasteiger partial charge on any atom is -0.392 e. The van der Waals surface area contributed by atoms with Gasteiger partial charge < -0.3 is 61.3 Å². The van der Waals surface area contributed by atoms with Gasteiger partial charge in [-0.3, -0.25) is 0 Å². The first-order valence-electron chi connectivity index (χ1n) is 28.3. The molecule has 0 aromatic carbocycles. The zero-order valence-corrected chi connectivity index (χ0v) is 49.6. The van der Waals surface area contributed by atoms with Crippen molar-refractivity contribution >= 4 is 22.7 Å². The predicted octanol–water partition coefficient (Wildman–Crippen LogP) is 7.01. The van der Waals surface area contributed by atoms with Crippen LogP contribution in [0.25, 0.3) is 0 Å². The molecule has 7 rings (SSSR count). The van der Waals surface area contributed by atoms with Gasteiger partial charge in [0, 0.05) is 47.3 Å². The van der Waals surface area contributed by atoms with Gasteiger partial charge in [0.1, 0.15) is 0 Å². The molecule has 0 bridgehead atoms. The summed E-state index contributed by atoms with van der Waals surface area (Å²) in [5.74, 6) is 3.73. The summed E-state index contributed by atoms with van der Waals surface area (Å²) >= 11 is 3.18. The highest BCUT2D eigenvalue weighted by molar-refractivity contribution is 7.09. The van der Waals surface area contributed by atoms with E-state index in [1.807, 2.05) is 66.2 Å². The van der Waals surface area contributed by atoms with Crippen molar-refractivity contribution in [3.63, 3.8) is 0 Å². The van der Waals surface area contributed by atoms with Crippen molar-refractivity contribution in [3.8, 4) is 0 Å². The maximum Gasteiger partial charge on any atom is 0.0982 e. The van der Waals surface area contributed by atoms with Gasteiger partial charge in [-0.25, -0.2) is 9.97 Å².